The maximum Gasteiger partial charge on any atom is 0.255 e. The molecule has 1 fully saturated rings. The minimum Gasteiger partial charge on any atom is -0.396 e. The maximum absolute atomic E-state index is 13.3. The number of ketones is 1. The lowest BCUT2D eigenvalue weighted by Gasteiger charge is -2.34. The van der Waals surface area contributed by atoms with E-state index in [0.717, 1.165) is 18.2 Å². The lowest BCUT2D eigenvalue weighted by molar-refractivity contribution is -0.125. The summed E-state index contributed by atoms with van der Waals surface area (Å²) in [7, 11) is -3.88. The van der Waals surface area contributed by atoms with E-state index < -0.39 is 32.6 Å². The molecule has 0 aromatic heterocycles. The van der Waals surface area contributed by atoms with Crippen LogP contribution in [0.3, 0.4) is 0 Å². The molecular weight excluding hydrogens is 452 g/mol. The molecule has 2 aromatic rings. The van der Waals surface area contributed by atoms with E-state index in [9.17, 15) is 26.8 Å². The molecule has 3 rings (SSSR count). The smallest absolute Gasteiger partial charge is 0.255 e. The Morgan fingerprint density at radius 1 is 1.10 bits per heavy atom. The highest BCUT2D eigenvalue weighted by molar-refractivity contribution is 7.92. The number of halogens is 3. The number of sulfone groups is 1. The van der Waals surface area contributed by atoms with Gasteiger partial charge in [0.15, 0.2) is 21.5 Å². The van der Waals surface area contributed by atoms with Crippen molar-refractivity contribution in [1.82, 2.24) is 0 Å². The van der Waals surface area contributed by atoms with Gasteiger partial charge in [-0.25, -0.2) is 17.2 Å². The third kappa shape index (κ3) is 5.11. The maximum atomic E-state index is 13.3. The molecule has 0 atom stereocenters. The van der Waals surface area contributed by atoms with Gasteiger partial charge in [-0.2, -0.15) is 0 Å². The fraction of sp³-hybridized carbons (Fsp3) is 0.333. The van der Waals surface area contributed by atoms with Gasteiger partial charge in [-0.05, 0) is 49.6 Å². The Hall–Kier alpha value is -2.36. The van der Waals surface area contributed by atoms with E-state index in [1.54, 1.807) is 0 Å². The third-order valence-electron chi connectivity index (χ3n) is 5.25. The zero-order chi connectivity index (χ0) is 22.8. The van der Waals surface area contributed by atoms with Gasteiger partial charge < -0.3 is 10.4 Å². The monoisotopic (exact) mass is 471 g/mol. The molecule has 10 heteroatoms. The van der Waals surface area contributed by atoms with Crippen LogP contribution in [0, 0.1) is 17.6 Å². The second kappa shape index (κ2) is 9.42. The van der Waals surface area contributed by atoms with Crippen molar-refractivity contribution in [3.05, 3.63) is 58.6 Å². The summed E-state index contributed by atoms with van der Waals surface area (Å²) >= 11 is 6.08. The van der Waals surface area contributed by atoms with Crippen molar-refractivity contribution < 1.29 is 31.9 Å². The molecule has 166 valence electrons. The molecule has 0 radical (unpaired) electrons. The molecule has 0 unspecified atom stereocenters. The molecule has 0 bridgehead atoms. The highest BCUT2D eigenvalue weighted by Crippen LogP contribution is 2.39. The summed E-state index contributed by atoms with van der Waals surface area (Å²) in [6.45, 7) is -0.102. The Morgan fingerprint density at radius 3 is 2.45 bits per heavy atom. The lowest BCUT2D eigenvalue weighted by Crippen LogP contribution is -2.40. The minimum atomic E-state index is -3.88. The van der Waals surface area contributed by atoms with Crippen molar-refractivity contribution in [3.8, 4) is 0 Å². The van der Waals surface area contributed by atoms with Crippen molar-refractivity contribution in [2.24, 2.45) is 5.92 Å². The molecule has 1 amide bonds. The number of aliphatic hydroxyl groups excluding tert-OH is 1. The van der Waals surface area contributed by atoms with Crippen molar-refractivity contribution in [1.29, 1.82) is 0 Å². The standard InChI is InChI=1S/C21H20ClF2NO5S/c22-16-5-3-12(21(28)25-14-4-6-17(23)18(24)11-14)10-20(16)31(29,30)15-8-13(9-15)19(27)2-1-7-26/h3-6,10-11,13,15,26H,1-2,7-9H2,(H,25,28). The van der Waals surface area contributed by atoms with Crippen LogP contribution >= 0.6 is 11.6 Å². The second-order valence-electron chi connectivity index (χ2n) is 7.36. The largest absolute Gasteiger partial charge is 0.396 e. The number of hydrogen-bond acceptors (Lipinski definition) is 5. The Balaban J connectivity index is 1.75. The highest BCUT2D eigenvalue weighted by Gasteiger charge is 2.43. The number of hydrogen-bond donors (Lipinski definition) is 2. The van der Waals surface area contributed by atoms with Gasteiger partial charge in [0.25, 0.3) is 5.91 Å². The van der Waals surface area contributed by atoms with Crippen LogP contribution in [0.25, 0.3) is 0 Å². The van der Waals surface area contributed by atoms with Crippen LogP contribution in [0.15, 0.2) is 41.3 Å². The van der Waals surface area contributed by atoms with Crippen LogP contribution in [0.1, 0.15) is 36.0 Å². The first-order chi connectivity index (χ1) is 14.6. The van der Waals surface area contributed by atoms with Crippen LogP contribution in [-0.2, 0) is 14.6 Å². The number of aliphatic hydroxyl groups is 1. The van der Waals surface area contributed by atoms with Crippen LogP contribution in [-0.4, -0.2) is 37.1 Å². The van der Waals surface area contributed by atoms with Crippen LogP contribution < -0.4 is 5.32 Å². The molecule has 6 nitrogen and oxygen atoms in total. The summed E-state index contributed by atoms with van der Waals surface area (Å²) in [6, 6.07) is 6.57. The summed E-state index contributed by atoms with van der Waals surface area (Å²) in [4.78, 5) is 24.2. The Bertz CT molecular complexity index is 1120. The highest BCUT2D eigenvalue weighted by atomic mass is 35.5. The molecule has 1 aliphatic rings. The van der Waals surface area contributed by atoms with E-state index in [4.69, 9.17) is 16.7 Å². The second-order valence-corrected chi connectivity index (χ2v) is 9.96. The van der Waals surface area contributed by atoms with Gasteiger partial charge in [0, 0.05) is 36.3 Å². The topological polar surface area (TPSA) is 101 Å². The number of Topliss-reactive ketones (excluding diaryl/α,β-unsaturated/α-hetero) is 1. The number of nitrogens with one attached hydrogen (secondary N) is 1. The van der Waals surface area contributed by atoms with Gasteiger partial charge in [0.2, 0.25) is 0 Å². The number of rotatable bonds is 8. The number of benzene rings is 2. The van der Waals surface area contributed by atoms with E-state index in [2.05, 4.69) is 5.32 Å². The molecule has 0 heterocycles. The van der Waals surface area contributed by atoms with Crippen molar-refractivity contribution in [2.45, 2.75) is 35.8 Å². The lowest BCUT2D eigenvalue weighted by atomic mass is 9.80. The van der Waals surface area contributed by atoms with Gasteiger partial charge in [0.05, 0.1) is 15.2 Å². The number of anilines is 1. The average Bonchev–Trinajstić information content (AvgIpc) is 2.68. The number of carbonyl (C=O) groups excluding carboxylic acids is 2. The molecule has 2 aromatic carbocycles. The van der Waals surface area contributed by atoms with Crippen molar-refractivity contribution >= 4 is 38.8 Å². The fourth-order valence-corrected chi connectivity index (χ4v) is 5.76. The average molecular weight is 472 g/mol. The van der Waals surface area contributed by atoms with Crippen LogP contribution in [0.2, 0.25) is 5.02 Å². The zero-order valence-corrected chi connectivity index (χ0v) is 17.8. The van der Waals surface area contributed by atoms with Crippen molar-refractivity contribution in [2.75, 3.05) is 11.9 Å². The first kappa shape index (κ1) is 23.3. The third-order valence-corrected chi connectivity index (χ3v) is 7.90. The van der Waals surface area contributed by atoms with Gasteiger partial charge in [-0.3, -0.25) is 9.59 Å². The predicted octanol–water partition coefficient (Wildman–Crippen LogP) is 3.76. The quantitative estimate of drug-likeness (QED) is 0.610. The van der Waals surface area contributed by atoms with E-state index >= 15 is 0 Å². The fourth-order valence-electron chi connectivity index (χ4n) is 3.36. The Labute approximate surface area is 183 Å². The van der Waals surface area contributed by atoms with E-state index in [-0.39, 0.29) is 58.7 Å². The molecule has 1 aliphatic carbocycles. The predicted molar refractivity (Wildman–Crippen MR) is 111 cm³/mol. The van der Waals surface area contributed by atoms with E-state index in [0.29, 0.717) is 6.42 Å². The van der Waals surface area contributed by atoms with E-state index in [1.165, 1.54) is 18.2 Å². The molecule has 2 N–H and O–H groups in total. The molecule has 0 spiro atoms. The van der Waals surface area contributed by atoms with Gasteiger partial charge in [-0.15, -0.1) is 0 Å². The SMILES string of the molecule is O=C(Nc1ccc(F)c(F)c1)c1ccc(Cl)c(S(=O)(=O)C2CC(C(=O)CCCO)C2)c1. The summed E-state index contributed by atoms with van der Waals surface area (Å²) < 4.78 is 52.3. The number of amides is 1. The molecule has 0 saturated heterocycles. The summed E-state index contributed by atoms with van der Waals surface area (Å²) in [5, 5.41) is 10.3. The molecule has 31 heavy (non-hydrogen) atoms. The summed E-state index contributed by atoms with van der Waals surface area (Å²) in [5.41, 5.74) is -0.0194. The van der Waals surface area contributed by atoms with Crippen molar-refractivity contribution in [3.63, 3.8) is 0 Å². The number of carbonyl (C=O) groups is 2. The van der Waals surface area contributed by atoms with Gasteiger partial charge >= 0.3 is 0 Å². The summed E-state index contributed by atoms with van der Waals surface area (Å²) in [6.07, 6.45) is 0.866. The first-order valence-corrected chi connectivity index (χ1v) is 11.5. The zero-order valence-electron chi connectivity index (χ0n) is 16.3. The Kier molecular flexibility index (Phi) is 7.08. The molecule has 1 saturated carbocycles. The van der Waals surface area contributed by atoms with Gasteiger partial charge in [0.1, 0.15) is 5.78 Å². The van der Waals surface area contributed by atoms with Crippen LogP contribution in [0.4, 0.5) is 14.5 Å². The minimum absolute atomic E-state index is 0.00600. The molecular formula is C21H20ClF2NO5S. The normalized spacial score (nSPS) is 18.3. The first-order valence-electron chi connectivity index (χ1n) is 9.57. The van der Waals surface area contributed by atoms with E-state index in [1.807, 2.05) is 0 Å². The molecule has 0 aliphatic heterocycles. The van der Waals surface area contributed by atoms with Crippen LogP contribution in [0.5, 0.6) is 0 Å². The Morgan fingerprint density at radius 2 is 1.81 bits per heavy atom. The summed E-state index contributed by atoms with van der Waals surface area (Å²) in [5.74, 6) is -3.36. The van der Waals surface area contributed by atoms with Gasteiger partial charge in [-0.1, -0.05) is 11.6 Å².